The first-order valence-electron chi connectivity index (χ1n) is 30.4. The monoisotopic (exact) mass is 1090 g/mol. The van der Waals surface area contributed by atoms with E-state index in [0.717, 1.165) is 80.1 Å². The van der Waals surface area contributed by atoms with E-state index >= 15 is 0 Å². The molecule has 0 fully saturated rings. The Balaban J connectivity index is 0.000000264. The molecule has 0 radical (unpaired) electrons. The van der Waals surface area contributed by atoms with E-state index in [9.17, 15) is 0 Å². The lowest BCUT2D eigenvalue weighted by Crippen LogP contribution is -2.26. The fourth-order valence-electron chi connectivity index (χ4n) is 11.7. The summed E-state index contributed by atoms with van der Waals surface area (Å²) >= 11 is 0. The van der Waals surface area contributed by atoms with Gasteiger partial charge in [-0.05, 0) is 219 Å². The predicted octanol–water partition coefficient (Wildman–Crippen LogP) is 20.9. The summed E-state index contributed by atoms with van der Waals surface area (Å²) in [6.07, 6.45) is 53.2. The van der Waals surface area contributed by atoms with Gasteiger partial charge in [0.15, 0.2) is 0 Å². The molecule has 5 aliphatic carbocycles. The number of benzene rings is 3. The van der Waals surface area contributed by atoms with Crippen molar-refractivity contribution >= 4 is 23.1 Å². The van der Waals surface area contributed by atoms with Crippen molar-refractivity contribution < 1.29 is 0 Å². The number of fused-ring (bicyclic) bond motifs is 3. The van der Waals surface area contributed by atoms with Gasteiger partial charge in [-0.2, -0.15) is 0 Å². The summed E-state index contributed by atoms with van der Waals surface area (Å²) in [5.74, 6) is 0.964. The zero-order valence-corrected chi connectivity index (χ0v) is 52.2. The molecule has 9 rings (SSSR count). The van der Waals surface area contributed by atoms with Crippen LogP contribution in [0.15, 0.2) is 233 Å². The van der Waals surface area contributed by atoms with Crippen LogP contribution in [-0.4, -0.2) is 16.6 Å². The topological polar surface area (TPSA) is 69.3 Å². The standard InChI is InChI=1S/C47H49N.C22H29N3.C7H12.C2H6/c1-10-18-45-33(5)34(6)46(48(45)9)40(11-2)39(27-31(3)35-19-14-12-15-20-35)28-32(4)37-23-25-41-42-26-24-38(36-21-16-13-17-22-36)30-44(42)47(7,8)43(41)29-37;1-16-15-19(13-8-12-17-9-6-7-14-20(16)17)22(24)25-21(23)18-10-4-2-3-5-11-18;1-3-5-7-6-4-2;1-2/h10-11,13-14,16-30H,4,12,15H2,1-3,5-9H3;2,4,6,8-9,11,13,15-16,22H,3,5,7,10,12,14,24H2,1H3,(H2,23,25);3,5-7H,4H2,1-2H3;1-2H3/b18-10-,31-27+,39-28+,40-11-;13-8-,19-15+;5-3-,7-6-;. The third kappa shape index (κ3) is 15.7. The van der Waals surface area contributed by atoms with Gasteiger partial charge in [-0.15, -0.1) is 0 Å². The lowest BCUT2D eigenvalue weighted by atomic mass is 9.80. The number of aromatic nitrogens is 1. The van der Waals surface area contributed by atoms with Gasteiger partial charge in [0.1, 0.15) is 12.0 Å². The van der Waals surface area contributed by atoms with E-state index in [2.05, 4.69) is 262 Å². The largest absolute Gasteiger partial charge is 0.384 e. The zero-order chi connectivity index (χ0) is 59.3. The summed E-state index contributed by atoms with van der Waals surface area (Å²) < 4.78 is 2.35. The van der Waals surface area contributed by atoms with Gasteiger partial charge in [0.25, 0.3) is 0 Å². The molecule has 3 aromatic carbocycles. The van der Waals surface area contributed by atoms with Crippen molar-refractivity contribution in [3.05, 3.63) is 267 Å². The number of nitrogens with two attached hydrogens (primary N) is 2. The average Bonchev–Trinajstić information content (AvgIpc) is 3.96. The van der Waals surface area contributed by atoms with Crippen molar-refractivity contribution in [2.45, 2.75) is 152 Å². The van der Waals surface area contributed by atoms with E-state index < -0.39 is 6.17 Å². The van der Waals surface area contributed by atoms with Gasteiger partial charge >= 0.3 is 0 Å². The zero-order valence-electron chi connectivity index (χ0n) is 52.2. The highest BCUT2D eigenvalue weighted by Gasteiger charge is 2.36. The van der Waals surface area contributed by atoms with Crippen LogP contribution in [0.3, 0.4) is 0 Å². The minimum absolute atomic E-state index is 0.121. The molecule has 0 saturated heterocycles. The van der Waals surface area contributed by atoms with Crippen molar-refractivity contribution in [3.8, 4) is 22.3 Å². The molecule has 0 amide bonds. The maximum absolute atomic E-state index is 6.38. The molecule has 4 nitrogen and oxygen atoms in total. The maximum atomic E-state index is 6.38. The van der Waals surface area contributed by atoms with Gasteiger partial charge in [0.05, 0.1) is 5.69 Å². The SMILES string of the molecule is C/C=C\C=C/CC.C=C(/C=C(\C=C(/C)C1=CCCC=C1)C(=C/C)/c1c(C)c(C)c(/C=C\C)n1C)c1ccc2c(c1)C(C)(C)c1cc(-c3ccccc3)ccc1-2.CC.CC1/C=C(C(N)/N=C(\N)C2=CCCC=CC2)\C=C/CC2=C1CCC=C2. The Labute approximate surface area is 496 Å². The summed E-state index contributed by atoms with van der Waals surface area (Å²) in [5.41, 5.74) is 37.8. The summed E-state index contributed by atoms with van der Waals surface area (Å²) in [7, 11) is 2.19. The summed E-state index contributed by atoms with van der Waals surface area (Å²) in [5, 5.41) is 0. The van der Waals surface area contributed by atoms with Crippen LogP contribution in [0.4, 0.5) is 0 Å². The van der Waals surface area contributed by atoms with Crippen LogP contribution in [0.5, 0.6) is 0 Å². The first kappa shape index (κ1) is 63.6. The molecule has 4 N–H and O–H groups in total. The predicted molar refractivity (Wildman–Crippen MR) is 363 cm³/mol. The molecular weight excluding hydrogens is 993 g/mol. The van der Waals surface area contributed by atoms with Crippen molar-refractivity contribution in [2.75, 3.05) is 0 Å². The Bertz CT molecular complexity index is 3380. The minimum Gasteiger partial charge on any atom is -0.384 e. The fraction of sp³-hybridized carbons (Fsp3) is 0.321. The second-order valence-electron chi connectivity index (χ2n) is 22.2. The lowest BCUT2D eigenvalue weighted by molar-refractivity contribution is 0.660. The van der Waals surface area contributed by atoms with Crippen LogP contribution in [0.2, 0.25) is 0 Å². The van der Waals surface area contributed by atoms with Gasteiger partial charge in [-0.3, -0.25) is 0 Å². The minimum atomic E-state index is -0.409. The van der Waals surface area contributed by atoms with Crippen LogP contribution < -0.4 is 11.5 Å². The van der Waals surface area contributed by atoms with Crippen molar-refractivity contribution in [2.24, 2.45) is 29.4 Å². The number of rotatable bonds is 13. The molecule has 2 unspecified atom stereocenters. The quantitative estimate of drug-likeness (QED) is 0.0606. The third-order valence-electron chi connectivity index (χ3n) is 16.3. The van der Waals surface area contributed by atoms with E-state index in [1.54, 1.807) is 0 Å². The highest BCUT2D eigenvalue weighted by atomic mass is 15.0. The van der Waals surface area contributed by atoms with Gasteiger partial charge in [-0.25, -0.2) is 4.99 Å². The van der Waals surface area contributed by atoms with E-state index in [0.29, 0.717) is 11.8 Å². The Hall–Kier alpha value is -7.53. The molecule has 4 aromatic rings. The number of amidine groups is 1. The number of hydrogen-bond acceptors (Lipinski definition) is 2. The Morgan fingerprint density at radius 1 is 0.780 bits per heavy atom. The highest BCUT2D eigenvalue weighted by Crippen LogP contribution is 2.50. The highest BCUT2D eigenvalue weighted by molar-refractivity contribution is 5.97. The van der Waals surface area contributed by atoms with Crippen molar-refractivity contribution in [3.63, 3.8) is 0 Å². The first-order valence-corrected chi connectivity index (χ1v) is 30.4. The first-order chi connectivity index (χ1) is 39.6. The molecule has 4 heteroatoms. The molecule has 1 heterocycles. The molecule has 1 aromatic heterocycles. The maximum Gasteiger partial charge on any atom is 0.125 e. The molecule has 428 valence electrons. The Morgan fingerprint density at radius 2 is 1.49 bits per heavy atom. The second-order valence-corrected chi connectivity index (χ2v) is 22.2. The normalized spacial score (nSPS) is 19.2. The van der Waals surface area contributed by atoms with Crippen LogP contribution >= 0.6 is 0 Å². The number of aliphatic imine (C=N–C) groups is 1. The lowest BCUT2D eigenvalue weighted by Gasteiger charge is -2.23. The van der Waals surface area contributed by atoms with Crippen LogP contribution in [0.25, 0.3) is 39.5 Å². The van der Waals surface area contributed by atoms with E-state index in [-0.39, 0.29) is 5.41 Å². The van der Waals surface area contributed by atoms with Gasteiger partial charge in [-0.1, -0.05) is 218 Å². The van der Waals surface area contributed by atoms with Crippen LogP contribution in [0.1, 0.15) is 166 Å². The van der Waals surface area contributed by atoms with Crippen LogP contribution in [-0.2, 0) is 12.5 Å². The third-order valence-corrected chi connectivity index (χ3v) is 16.3. The van der Waals surface area contributed by atoms with Crippen molar-refractivity contribution in [1.82, 2.24) is 4.57 Å². The van der Waals surface area contributed by atoms with E-state index in [1.807, 2.05) is 32.9 Å². The molecular formula is C78H96N4. The van der Waals surface area contributed by atoms with Crippen molar-refractivity contribution in [1.29, 1.82) is 0 Å². The summed E-state index contributed by atoms with van der Waals surface area (Å²) in [6, 6.07) is 24.6. The summed E-state index contributed by atoms with van der Waals surface area (Å²) in [4.78, 5) is 4.60. The second kappa shape index (κ2) is 31.1. The number of hydrogen-bond donors (Lipinski definition) is 2. The van der Waals surface area contributed by atoms with Gasteiger partial charge in [0, 0.05) is 23.7 Å². The smallest absolute Gasteiger partial charge is 0.125 e. The molecule has 0 bridgehead atoms. The molecule has 0 spiro atoms. The van der Waals surface area contributed by atoms with Crippen LogP contribution in [0, 0.1) is 19.8 Å². The van der Waals surface area contributed by atoms with E-state index in [1.165, 1.54) is 89.3 Å². The molecule has 82 heavy (non-hydrogen) atoms. The molecule has 0 saturated carbocycles. The van der Waals surface area contributed by atoms with E-state index in [4.69, 9.17) is 11.5 Å². The fourth-order valence-corrected chi connectivity index (χ4v) is 11.7. The number of allylic oxidation sites excluding steroid dienone is 25. The average molecular weight is 1090 g/mol. The van der Waals surface area contributed by atoms with Gasteiger partial charge < -0.3 is 16.0 Å². The van der Waals surface area contributed by atoms with Gasteiger partial charge in [0.2, 0.25) is 0 Å². The Morgan fingerprint density at radius 3 is 2.18 bits per heavy atom. The summed E-state index contributed by atoms with van der Waals surface area (Å²) in [6.45, 7) is 30.8. The molecule has 2 atom stereocenters. The number of nitrogens with zero attached hydrogens (tertiary/aromatic N) is 2. The molecule has 0 aliphatic heterocycles. The Kier molecular flexibility index (Phi) is 24.1. The molecule has 5 aliphatic rings.